The molecule has 0 aromatic carbocycles. The van der Waals surface area contributed by atoms with Gasteiger partial charge in [0.2, 0.25) is 0 Å². The van der Waals surface area contributed by atoms with Crippen LogP contribution in [0, 0.1) is 0 Å². The summed E-state index contributed by atoms with van der Waals surface area (Å²) in [6.45, 7) is 2.48. The van der Waals surface area contributed by atoms with Crippen LogP contribution in [-0.2, 0) is 4.74 Å². The van der Waals surface area contributed by atoms with Crippen LogP contribution in [0.1, 0.15) is 23.7 Å². The van der Waals surface area contributed by atoms with E-state index in [0.717, 1.165) is 6.42 Å². The Morgan fingerprint density at radius 1 is 1.71 bits per heavy atom. The van der Waals surface area contributed by atoms with Crippen LogP contribution in [0.15, 0.2) is 12.3 Å². The largest absolute Gasteiger partial charge is 0.397 e. The van der Waals surface area contributed by atoms with Gasteiger partial charge >= 0.3 is 0 Å². The van der Waals surface area contributed by atoms with Crippen LogP contribution in [0.25, 0.3) is 0 Å². The number of hydrogen-bond acceptors (Lipinski definition) is 4. The second-order valence-electron chi connectivity index (χ2n) is 3.76. The third-order valence-electron chi connectivity index (χ3n) is 2.24. The summed E-state index contributed by atoms with van der Waals surface area (Å²) in [5.41, 5.74) is 6.25. The molecule has 0 aliphatic carbocycles. The van der Waals surface area contributed by atoms with Crippen LogP contribution in [0.5, 0.6) is 0 Å². The van der Waals surface area contributed by atoms with E-state index in [9.17, 15) is 4.79 Å². The summed E-state index contributed by atoms with van der Waals surface area (Å²) < 4.78 is 4.93. The van der Waals surface area contributed by atoms with E-state index in [1.807, 2.05) is 6.92 Å². The highest BCUT2D eigenvalue weighted by Gasteiger charge is 2.14. The standard InChI is InChI=1S/C11H16ClN3O2/c1-7(3-4-17-2)15-11(16)9-5-8(13)6-14-10(9)12/h5-7H,3-4,13H2,1-2H3,(H,15,16). The summed E-state index contributed by atoms with van der Waals surface area (Å²) in [5.74, 6) is -0.279. The van der Waals surface area contributed by atoms with Crippen molar-refractivity contribution in [2.45, 2.75) is 19.4 Å². The number of nitrogens with one attached hydrogen (secondary N) is 1. The summed E-state index contributed by atoms with van der Waals surface area (Å²) in [6.07, 6.45) is 2.14. The van der Waals surface area contributed by atoms with Crippen molar-refractivity contribution in [2.24, 2.45) is 0 Å². The van der Waals surface area contributed by atoms with E-state index in [2.05, 4.69) is 10.3 Å². The molecule has 1 aromatic rings. The molecule has 0 radical (unpaired) electrons. The molecule has 1 heterocycles. The van der Waals surface area contributed by atoms with Gasteiger partial charge in [-0.3, -0.25) is 4.79 Å². The number of nitrogen functional groups attached to an aromatic ring is 1. The molecule has 5 nitrogen and oxygen atoms in total. The van der Waals surface area contributed by atoms with Crippen molar-refractivity contribution in [2.75, 3.05) is 19.5 Å². The molecular weight excluding hydrogens is 242 g/mol. The molecule has 0 fully saturated rings. The minimum Gasteiger partial charge on any atom is -0.397 e. The molecule has 1 atom stereocenters. The fourth-order valence-corrected chi connectivity index (χ4v) is 1.48. The molecule has 0 saturated carbocycles. The van der Waals surface area contributed by atoms with Gasteiger partial charge in [0.1, 0.15) is 5.15 Å². The number of carbonyl (C=O) groups excluding carboxylic acids is 1. The number of halogens is 1. The molecule has 1 unspecified atom stereocenters. The van der Waals surface area contributed by atoms with Crippen LogP contribution in [0.2, 0.25) is 5.15 Å². The molecule has 6 heteroatoms. The van der Waals surface area contributed by atoms with Gasteiger partial charge in [0.15, 0.2) is 0 Å². The third kappa shape index (κ3) is 4.20. The Morgan fingerprint density at radius 3 is 3.06 bits per heavy atom. The summed E-state index contributed by atoms with van der Waals surface area (Å²) in [6, 6.07) is 1.51. The number of nitrogens with two attached hydrogens (primary N) is 1. The normalized spacial score (nSPS) is 12.2. The van der Waals surface area contributed by atoms with Crippen molar-refractivity contribution in [3.8, 4) is 0 Å². The topological polar surface area (TPSA) is 77.2 Å². The molecule has 3 N–H and O–H groups in total. The number of anilines is 1. The number of rotatable bonds is 5. The first kappa shape index (κ1) is 13.7. The first-order valence-corrected chi connectivity index (χ1v) is 5.63. The van der Waals surface area contributed by atoms with Gasteiger partial charge in [-0.2, -0.15) is 0 Å². The lowest BCUT2D eigenvalue weighted by Crippen LogP contribution is -2.33. The van der Waals surface area contributed by atoms with Crippen LogP contribution >= 0.6 is 11.6 Å². The Balaban J connectivity index is 2.66. The fraction of sp³-hybridized carbons (Fsp3) is 0.455. The Hall–Kier alpha value is -1.33. The van der Waals surface area contributed by atoms with Crippen molar-refractivity contribution in [1.29, 1.82) is 0 Å². The molecule has 1 rings (SSSR count). The van der Waals surface area contributed by atoms with E-state index in [1.54, 1.807) is 7.11 Å². The van der Waals surface area contributed by atoms with Crippen LogP contribution in [0.3, 0.4) is 0 Å². The molecule has 1 aromatic heterocycles. The lowest BCUT2D eigenvalue weighted by molar-refractivity contribution is 0.0929. The van der Waals surface area contributed by atoms with Gasteiger partial charge in [-0.1, -0.05) is 11.6 Å². The molecule has 0 aliphatic heterocycles. The van der Waals surface area contributed by atoms with Gasteiger partial charge in [0, 0.05) is 19.8 Å². The van der Waals surface area contributed by atoms with E-state index in [1.165, 1.54) is 12.3 Å². The van der Waals surface area contributed by atoms with Crippen molar-refractivity contribution in [3.05, 3.63) is 23.0 Å². The molecule has 0 saturated heterocycles. The lowest BCUT2D eigenvalue weighted by atomic mass is 10.2. The zero-order valence-electron chi connectivity index (χ0n) is 9.87. The average Bonchev–Trinajstić information content (AvgIpc) is 2.29. The number of ether oxygens (including phenoxy) is 1. The highest BCUT2D eigenvalue weighted by molar-refractivity contribution is 6.32. The summed E-state index contributed by atoms with van der Waals surface area (Å²) >= 11 is 5.83. The first-order valence-electron chi connectivity index (χ1n) is 5.25. The number of hydrogen-bond donors (Lipinski definition) is 2. The first-order chi connectivity index (χ1) is 8.04. The Bertz CT molecular complexity index is 398. The van der Waals surface area contributed by atoms with Gasteiger partial charge in [-0.05, 0) is 19.4 Å². The molecule has 17 heavy (non-hydrogen) atoms. The number of carbonyl (C=O) groups is 1. The van der Waals surface area contributed by atoms with Crippen LogP contribution in [0.4, 0.5) is 5.69 Å². The van der Waals surface area contributed by atoms with Gasteiger partial charge in [0.25, 0.3) is 5.91 Å². The molecule has 0 bridgehead atoms. The second-order valence-corrected chi connectivity index (χ2v) is 4.12. The van der Waals surface area contributed by atoms with E-state index in [0.29, 0.717) is 12.3 Å². The monoisotopic (exact) mass is 257 g/mol. The smallest absolute Gasteiger partial charge is 0.254 e. The predicted octanol–water partition coefficient (Wildman–Crippen LogP) is 1.47. The molecule has 1 amide bonds. The maximum Gasteiger partial charge on any atom is 0.254 e. The quantitative estimate of drug-likeness (QED) is 0.783. The van der Waals surface area contributed by atoms with E-state index in [-0.39, 0.29) is 22.7 Å². The molecule has 94 valence electrons. The zero-order valence-corrected chi connectivity index (χ0v) is 10.6. The summed E-state index contributed by atoms with van der Waals surface area (Å²) in [7, 11) is 1.62. The number of methoxy groups -OCH3 is 1. The van der Waals surface area contributed by atoms with Gasteiger partial charge in [0.05, 0.1) is 17.4 Å². The van der Waals surface area contributed by atoms with Gasteiger partial charge < -0.3 is 15.8 Å². The van der Waals surface area contributed by atoms with Crippen molar-refractivity contribution in [3.63, 3.8) is 0 Å². The minimum absolute atomic E-state index is 0.0000488. The predicted molar refractivity (Wildman–Crippen MR) is 67.1 cm³/mol. The average molecular weight is 258 g/mol. The minimum atomic E-state index is -0.279. The van der Waals surface area contributed by atoms with Crippen molar-refractivity contribution in [1.82, 2.24) is 10.3 Å². The van der Waals surface area contributed by atoms with Crippen LogP contribution < -0.4 is 11.1 Å². The Labute approximate surface area is 105 Å². The summed E-state index contributed by atoms with van der Waals surface area (Å²) in [5, 5.41) is 2.95. The lowest BCUT2D eigenvalue weighted by Gasteiger charge is -2.13. The van der Waals surface area contributed by atoms with E-state index < -0.39 is 0 Å². The highest BCUT2D eigenvalue weighted by atomic mass is 35.5. The fourth-order valence-electron chi connectivity index (χ4n) is 1.29. The molecule has 0 aliphatic rings. The second kappa shape index (κ2) is 6.42. The number of nitrogens with zero attached hydrogens (tertiary/aromatic N) is 1. The number of amides is 1. The van der Waals surface area contributed by atoms with E-state index >= 15 is 0 Å². The van der Waals surface area contributed by atoms with Crippen molar-refractivity contribution >= 4 is 23.2 Å². The van der Waals surface area contributed by atoms with Crippen LogP contribution in [-0.4, -0.2) is 30.6 Å². The zero-order chi connectivity index (χ0) is 12.8. The summed E-state index contributed by atoms with van der Waals surface area (Å²) in [4.78, 5) is 15.7. The van der Waals surface area contributed by atoms with Crippen molar-refractivity contribution < 1.29 is 9.53 Å². The Kier molecular flexibility index (Phi) is 5.18. The Morgan fingerprint density at radius 2 is 2.41 bits per heavy atom. The highest BCUT2D eigenvalue weighted by Crippen LogP contribution is 2.15. The third-order valence-corrected chi connectivity index (χ3v) is 2.54. The number of aromatic nitrogens is 1. The SMILES string of the molecule is COCCC(C)NC(=O)c1cc(N)cnc1Cl. The van der Waals surface area contributed by atoms with Gasteiger partial charge in [-0.25, -0.2) is 4.98 Å². The maximum atomic E-state index is 11.9. The molecular formula is C11H16ClN3O2. The number of pyridine rings is 1. The van der Waals surface area contributed by atoms with Gasteiger partial charge in [-0.15, -0.1) is 0 Å². The maximum absolute atomic E-state index is 11.9. The molecule has 0 spiro atoms. The van der Waals surface area contributed by atoms with E-state index in [4.69, 9.17) is 22.1 Å².